The topological polar surface area (TPSA) is 58.2 Å². The molecule has 1 aliphatic carbocycles. The molecule has 4 nitrogen and oxygen atoms in total. The summed E-state index contributed by atoms with van der Waals surface area (Å²) in [7, 11) is 0. The first-order chi connectivity index (χ1) is 10.8. The summed E-state index contributed by atoms with van der Waals surface area (Å²) < 4.78 is 0. The van der Waals surface area contributed by atoms with Crippen LogP contribution in [-0.2, 0) is 9.59 Å². The van der Waals surface area contributed by atoms with Crippen molar-refractivity contribution in [2.45, 2.75) is 52.0 Å². The van der Waals surface area contributed by atoms with Gasteiger partial charge in [0.1, 0.15) is 0 Å². The summed E-state index contributed by atoms with van der Waals surface area (Å²) in [5.41, 5.74) is 0.718. The molecule has 2 amide bonds. The molecule has 0 aromatic heterocycles. The lowest BCUT2D eigenvalue weighted by Crippen LogP contribution is -2.36. The van der Waals surface area contributed by atoms with E-state index in [1.807, 2.05) is 45.0 Å². The molecular weight excluding hydrogens is 312 g/mol. The molecule has 0 heterocycles. The lowest BCUT2D eigenvalue weighted by Gasteiger charge is -2.17. The third-order valence-corrected chi connectivity index (χ3v) is 4.33. The molecule has 126 valence electrons. The van der Waals surface area contributed by atoms with Gasteiger partial charge in [0.15, 0.2) is 0 Å². The Morgan fingerprint density at radius 3 is 2.61 bits per heavy atom. The first kappa shape index (κ1) is 17.8. The fourth-order valence-corrected chi connectivity index (χ4v) is 2.74. The second-order valence-corrected chi connectivity index (χ2v) is 7.55. The monoisotopic (exact) mass is 336 g/mol. The van der Waals surface area contributed by atoms with Gasteiger partial charge in [-0.15, -0.1) is 0 Å². The Morgan fingerprint density at radius 2 is 1.96 bits per heavy atom. The second kappa shape index (κ2) is 7.35. The second-order valence-electron chi connectivity index (χ2n) is 7.15. The van der Waals surface area contributed by atoms with Crippen LogP contribution in [0.1, 0.15) is 51.5 Å². The summed E-state index contributed by atoms with van der Waals surface area (Å²) in [5.74, 6) is 0.377. The average Bonchev–Trinajstić information content (AvgIpc) is 3.21. The van der Waals surface area contributed by atoms with E-state index >= 15 is 0 Å². The highest BCUT2D eigenvalue weighted by Gasteiger charge is 2.40. The SMILES string of the molecule is CC(C)(C)C(=O)NCCCC(=O)N[C@H]1C[C@H]1c1ccccc1Cl. The van der Waals surface area contributed by atoms with Crippen molar-refractivity contribution in [1.29, 1.82) is 0 Å². The van der Waals surface area contributed by atoms with Crippen LogP contribution in [0, 0.1) is 5.41 Å². The molecule has 1 saturated carbocycles. The number of rotatable bonds is 6. The van der Waals surface area contributed by atoms with Crippen molar-refractivity contribution < 1.29 is 9.59 Å². The average molecular weight is 337 g/mol. The van der Waals surface area contributed by atoms with E-state index in [9.17, 15) is 9.59 Å². The summed E-state index contributed by atoms with van der Waals surface area (Å²) in [5, 5.41) is 6.65. The molecule has 1 fully saturated rings. The third kappa shape index (κ3) is 5.24. The van der Waals surface area contributed by atoms with Gasteiger partial charge in [-0.2, -0.15) is 0 Å². The number of carbonyl (C=O) groups is 2. The molecule has 1 aromatic rings. The molecule has 1 aliphatic rings. The molecule has 0 bridgehead atoms. The van der Waals surface area contributed by atoms with E-state index in [0.29, 0.717) is 25.3 Å². The summed E-state index contributed by atoms with van der Waals surface area (Å²) in [4.78, 5) is 23.6. The zero-order valence-corrected chi connectivity index (χ0v) is 14.7. The van der Waals surface area contributed by atoms with Gasteiger partial charge in [-0.1, -0.05) is 50.6 Å². The highest BCUT2D eigenvalue weighted by molar-refractivity contribution is 6.31. The van der Waals surface area contributed by atoms with Crippen molar-refractivity contribution in [1.82, 2.24) is 10.6 Å². The van der Waals surface area contributed by atoms with Crippen molar-refractivity contribution in [2.75, 3.05) is 6.54 Å². The number of hydrogen-bond donors (Lipinski definition) is 2. The Bertz CT molecular complexity index is 581. The van der Waals surface area contributed by atoms with Gasteiger partial charge in [-0.05, 0) is 24.5 Å². The first-order valence-electron chi connectivity index (χ1n) is 8.11. The number of amides is 2. The minimum atomic E-state index is -0.390. The van der Waals surface area contributed by atoms with Crippen molar-refractivity contribution in [3.63, 3.8) is 0 Å². The number of halogens is 1. The molecule has 0 spiro atoms. The van der Waals surface area contributed by atoms with Gasteiger partial charge in [0.05, 0.1) is 0 Å². The Labute approximate surface area is 143 Å². The first-order valence-corrected chi connectivity index (χ1v) is 8.49. The van der Waals surface area contributed by atoms with Crippen molar-refractivity contribution in [3.05, 3.63) is 34.9 Å². The summed E-state index contributed by atoms with van der Waals surface area (Å²) in [6.07, 6.45) is 2.02. The molecule has 0 radical (unpaired) electrons. The Balaban J connectivity index is 1.65. The maximum Gasteiger partial charge on any atom is 0.225 e. The van der Waals surface area contributed by atoms with Crippen LogP contribution in [0.3, 0.4) is 0 Å². The summed E-state index contributed by atoms with van der Waals surface area (Å²) in [6.45, 7) is 6.15. The fraction of sp³-hybridized carbons (Fsp3) is 0.556. The van der Waals surface area contributed by atoms with E-state index in [1.165, 1.54) is 0 Å². The van der Waals surface area contributed by atoms with Crippen LogP contribution in [0.25, 0.3) is 0 Å². The minimum Gasteiger partial charge on any atom is -0.356 e. The Kier molecular flexibility index (Phi) is 5.69. The van der Waals surface area contributed by atoms with E-state index < -0.39 is 5.41 Å². The lowest BCUT2D eigenvalue weighted by atomic mass is 9.96. The van der Waals surface area contributed by atoms with Gasteiger partial charge >= 0.3 is 0 Å². The van der Waals surface area contributed by atoms with E-state index in [1.54, 1.807) is 0 Å². The van der Waals surface area contributed by atoms with Gasteiger partial charge in [0.25, 0.3) is 0 Å². The molecule has 23 heavy (non-hydrogen) atoms. The maximum atomic E-state index is 11.9. The van der Waals surface area contributed by atoms with Crippen molar-refractivity contribution >= 4 is 23.4 Å². The highest BCUT2D eigenvalue weighted by Crippen LogP contribution is 2.43. The molecule has 0 unspecified atom stereocenters. The van der Waals surface area contributed by atoms with E-state index in [2.05, 4.69) is 10.6 Å². The minimum absolute atomic E-state index is 0.0129. The van der Waals surface area contributed by atoms with Crippen LogP contribution in [0.15, 0.2) is 24.3 Å². The van der Waals surface area contributed by atoms with Gasteiger partial charge in [-0.25, -0.2) is 0 Å². The lowest BCUT2D eigenvalue weighted by molar-refractivity contribution is -0.128. The zero-order valence-electron chi connectivity index (χ0n) is 14.0. The Morgan fingerprint density at radius 1 is 1.26 bits per heavy atom. The Hall–Kier alpha value is -1.55. The fourth-order valence-electron chi connectivity index (χ4n) is 2.47. The standard InChI is InChI=1S/C18H25ClN2O2/c1-18(2,3)17(23)20-10-6-9-16(22)21-15-11-13(15)12-7-4-5-8-14(12)19/h4-5,7-8,13,15H,6,9-11H2,1-3H3,(H,20,23)(H,21,22)/t13-,15-/m0/s1. The number of benzene rings is 1. The van der Waals surface area contributed by atoms with Crippen LogP contribution >= 0.6 is 11.6 Å². The summed E-state index contributed by atoms with van der Waals surface area (Å²) >= 11 is 6.18. The van der Waals surface area contributed by atoms with Gasteiger partial charge in [0, 0.05) is 35.4 Å². The van der Waals surface area contributed by atoms with Crippen LogP contribution < -0.4 is 10.6 Å². The van der Waals surface area contributed by atoms with Gasteiger partial charge in [-0.3, -0.25) is 9.59 Å². The predicted molar refractivity (Wildman–Crippen MR) is 92.4 cm³/mol. The highest BCUT2D eigenvalue weighted by atomic mass is 35.5. The quantitative estimate of drug-likeness (QED) is 0.783. The van der Waals surface area contributed by atoms with E-state index in [-0.39, 0.29) is 17.9 Å². The molecule has 2 rings (SSSR count). The largest absolute Gasteiger partial charge is 0.356 e. The van der Waals surface area contributed by atoms with Gasteiger partial charge in [0.2, 0.25) is 11.8 Å². The third-order valence-electron chi connectivity index (χ3n) is 3.99. The molecule has 0 aliphatic heterocycles. The molecular formula is C18H25ClN2O2. The van der Waals surface area contributed by atoms with E-state index in [0.717, 1.165) is 17.0 Å². The summed E-state index contributed by atoms with van der Waals surface area (Å²) in [6, 6.07) is 7.96. The maximum absolute atomic E-state index is 11.9. The molecule has 2 N–H and O–H groups in total. The van der Waals surface area contributed by atoms with Crippen molar-refractivity contribution in [2.24, 2.45) is 5.41 Å². The predicted octanol–water partition coefficient (Wildman–Crippen LogP) is 3.25. The molecule has 1 aromatic carbocycles. The molecule has 2 atom stereocenters. The number of nitrogens with one attached hydrogen (secondary N) is 2. The number of hydrogen-bond acceptors (Lipinski definition) is 2. The van der Waals surface area contributed by atoms with Gasteiger partial charge < -0.3 is 10.6 Å². The molecule has 5 heteroatoms. The zero-order chi connectivity index (χ0) is 17.0. The number of carbonyl (C=O) groups excluding carboxylic acids is 2. The van der Waals surface area contributed by atoms with E-state index in [4.69, 9.17) is 11.6 Å². The van der Waals surface area contributed by atoms with Crippen LogP contribution in [0.5, 0.6) is 0 Å². The molecule has 0 saturated heterocycles. The van der Waals surface area contributed by atoms with Crippen molar-refractivity contribution in [3.8, 4) is 0 Å². The smallest absolute Gasteiger partial charge is 0.225 e. The van der Waals surface area contributed by atoms with Crippen LogP contribution in [-0.4, -0.2) is 24.4 Å². The normalized spacial score (nSPS) is 20.0. The van der Waals surface area contributed by atoms with Crippen LogP contribution in [0.2, 0.25) is 5.02 Å². The van der Waals surface area contributed by atoms with Crippen LogP contribution in [0.4, 0.5) is 0 Å².